The van der Waals surface area contributed by atoms with E-state index in [9.17, 15) is 4.79 Å². The van der Waals surface area contributed by atoms with Crippen LogP contribution in [0.25, 0.3) is 0 Å². The van der Waals surface area contributed by atoms with E-state index >= 15 is 0 Å². The molecule has 2 aromatic heterocycles. The van der Waals surface area contributed by atoms with Gasteiger partial charge in [0.05, 0.1) is 11.9 Å². The number of amides is 1. The molecule has 19 heavy (non-hydrogen) atoms. The predicted molar refractivity (Wildman–Crippen MR) is 77.4 cm³/mol. The van der Waals surface area contributed by atoms with Crippen LogP contribution in [0.1, 0.15) is 24.4 Å². The van der Waals surface area contributed by atoms with Crippen molar-refractivity contribution in [1.29, 1.82) is 0 Å². The molecule has 1 amide bonds. The molecule has 0 radical (unpaired) electrons. The Morgan fingerprint density at radius 1 is 1.32 bits per heavy atom. The van der Waals surface area contributed by atoms with E-state index in [1.54, 1.807) is 24.4 Å². The highest BCUT2D eigenvalue weighted by Gasteiger charge is 2.10. The SMILES string of the molecule is CC(C)Nc1ccc(NC(=O)c2ccc(Br)o2)cn1. The minimum Gasteiger partial charge on any atom is -0.444 e. The first kappa shape index (κ1) is 13.6. The Hall–Kier alpha value is -1.82. The van der Waals surface area contributed by atoms with Gasteiger partial charge < -0.3 is 15.1 Å². The summed E-state index contributed by atoms with van der Waals surface area (Å²) in [5, 5.41) is 5.88. The number of aromatic nitrogens is 1. The third-order valence-electron chi connectivity index (χ3n) is 2.25. The van der Waals surface area contributed by atoms with Crippen LogP contribution in [-0.2, 0) is 0 Å². The molecule has 2 aromatic rings. The van der Waals surface area contributed by atoms with Gasteiger partial charge in [-0.25, -0.2) is 4.98 Å². The lowest BCUT2D eigenvalue weighted by atomic mass is 10.3. The molecule has 0 atom stereocenters. The zero-order valence-corrected chi connectivity index (χ0v) is 12.2. The molecule has 0 saturated carbocycles. The van der Waals surface area contributed by atoms with Gasteiger partial charge in [-0.05, 0) is 54.0 Å². The average molecular weight is 324 g/mol. The van der Waals surface area contributed by atoms with Gasteiger partial charge in [-0.2, -0.15) is 0 Å². The Labute approximate surface area is 119 Å². The average Bonchev–Trinajstić information content (AvgIpc) is 2.78. The number of hydrogen-bond donors (Lipinski definition) is 2. The molecule has 0 spiro atoms. The van der Waals surface area contributed by atoms with Crippen molar-refractivity contribution in [3.05, 3.63) is 40.9 Å². The maximum absolute atomic E-state index is 11.8. The summed E-state index contributed by atoms with van der Waals surface area (Å²) >= 11 is 3.15. The molecule has 2 rings (SSSR count). The fourth-order valence-electron chi connectivity index (χ4n) is 1.48. The molecular weight excluding hydrogens is 310 g/mol. The summed E-state index contributed by atoms with van der Waals surface area (Å²) in [5.41, 5.74) is 0.617. The first-order valence-corrected chi connectivity index (χ1v) is 6.63. The third-order valence-corrected chi connectivity index (χ3v) is 2.68. The van der Waals surface area contributed by atoms with Crippen molar-refractivity contribution in [2.45, 2.75) is 19.9 Å². The highest BCUT2D eigenvalue weighted by atomic mass is 79.9. The van der Waals surface area contributed by atoms with Gasteiger partial charge >= 0.3 is 0 Å². The summed E-state index contributed by atoms with van der Waals surface area (Å²) in [6, 6.07) is 7.18. The molecule has 0 fully saturated rings. The number of halogens is 1. The second kappa shape index (κ2) is 5.88. The minimum atomic E-state index is -0.308. The van der Waals surface area contributed by atoms with Gasteiger partial charge in [0.15, 0.2) is 10.4 Å². The summed E-state index contributed by atoms with van der Waals surface area (Å²) in [6.07, 6.45) is 1.60. The summed E-state index contributed by atoms with van der Waals surface area (Å²) < 4.78 is 5.69. The van der Waals surface area contributed by atoms with Crippen molar-refractivity contribution >= 4 is 33.3 Å². The number of anilines is 2. The van der Waals surface area contributed by atoms with E-state index < -0.39 is 0 Å². The lowest BCUT2D eigenvalue weighted by Gasteiger charge is -2.09. The van der Waals surface area contributed by atoms with Gasteiger partial charge in [-0.3, -0.25) is 4.79 Å². The van der Waals surface area contributed by atoms with Crippen LogP contribution in [0.5, 0.6) is 0 Å². The molecule has 0 bridgehead atoms. The number of pyridine rings is 1. The zero-order valence-electron chi connectivity index (χ0n) is 10.6. The van der Waals surface area contributed by atoms with E-state index in [0.717, 1.165) is 5.82 Å². The molecule has 0 saturated heterocycles. The number of rotatable bonds is 4. The van der Waals surface area contributed by atoms with Crippen molar-refractivity contribution in [2.24, 2.45) is 0 Å². The monoisotopic (exact) mass is 323 g/mol. The van der Waals surface area contributed by atoms with Gasteiger partial charge in [0.1, 0.15) is 5.82 Å². The lowest BCUT2D eigenvalue weighted by molar-refractivity contribution is 0.0995. The van der Waals surface area contributed by atoms with E-state index in [4.69, 9.17) is 4.42 Å². The van der Waals surface area contributed by atoms with Crippen LogP contribution in [0.2, 0.25) is 0 Å². The maximum Gasteiger partial charge on any atom is 0.291 e. The number of furan rings is 1. The Kier molecular flexibility index (Phi) is 4.21. The fourth-order valence-corrected chi connectivity index (χ4v) is 1.78. The molecule has 0 aliphatic heterocycles. The molecule has 2 heterocycles. The zero-order chi connectivity index (χ0) is 13.8. The van der Waals surface area contributed by atoms with E-state index in [0.29, 0.717) is 16.4 Å². The van der Waals surface area contributed by atoms with E-state index in [-0.39, 0.29) is 11.7 Å². The van der Waals surface area contributed by atoms with Crippen LogP contribution in [-0.4, -0.2) is 16.9 Å². The smallest absolute Gasteiger partial charge is 0.291 e. The minimum absolute atomic E-state index is 0.247. The summed E-state index contributed by atoms with van der Waals surface area (Å²) in [5.74, 6) is 0.710. The molecule has 0 unspecified atom stereocenters. The highest BCUT2D eigenvalue weighted by Crippen LogP contribution is 2.16. The van der Waals surface area contributed by atoms with E-state index in [1.807, 2.05) is 19.9 Å². The van der Waals surface area contributed by atoms with Crippen LogP contribution in [0.15, 0.2) is 39.5 Å². The first-order chi connectivity index (χ1) is 9.04. The first-order valence-electron chi connectivity index (χ1n) is 5.84. The summed E-state index contributed by atoms with van der Waals surface area (Å²) in [7, 11) is 0. The van der Waals surface area contributed by atoms with Crippen molar-refractivity contribution in [3.8, 4) is 0 Å². The van der Waals surface area contributed by atoms with Crippen molar-refractivity contribution in [3.63, 3.8) is 0 Å². The number of nitrogens with one attached hydrogen (secondary N) is 2. The largest absolute Gasteiger partial charge is 0.444 e. The quantitative estimate of drug-likeness (QED) is 0.903. The molecule has 5 nitrogen and oxygen atoms in total. The number of hydrogen-bond acceptors (Lipinski definition) is 4. The molecule has 6 heteroatoms. The van der Waals surface area contributed by atoms with Gasteiger partial charge in [0.2, 0.25) is 0 Å². The predicted octanol–water partition coefficient (Wildman–Crippen LogP) is 3.51. The summed E-state index contributed by atoms with van der Waals surface area (Å²) in [4.78, 5) is 16.0. The van der Waals surface area contributed by atoms with Crippen molar-refractivity contribution in [2.75, 3.05) is 10.6 Å². The second-order valence-corrected chi connectivity index (χ2v) is 5.07. The Balaban J connectivity index is 2.01. The van der Waals surface area contributed by atoms with Crippen molar-refractivity contribution in [1.82, 2.24) is 4.98 Å². The molecule has 0 aliphatic rings. The third kappa shape index (κ3) is 3.82. The van der Waals surface area contributed by atoms with Gasteiger partial charge in [0.25, 0.3) is 5.91 Å². The van der Waals surface area contributed by atoms with Crippen LogP contribution >= 0.6 is 15.9 Å². The van der Waals surface area contributed by atoms with Crippen LogP contribution in [0.3, 0.4) is 0 Å². The van der Waals surface area contributed by atoms with E-state index in [2.05, 4.69) is 31.5 Å². The van der Waals surface area contributed by atoms with E-state index in [1.165, 1.54) is 0 Å². The Morgan fingerprint density at radius 2 is 2.11 bits per heavy atom. The molecule has 2 N–H and O–H groups in total. The highest BCUT2D eigenvalue weighted by molar-refractivity contribution is 9.10. The number of carbonyl (C=O) groups excluding carboxylic acids is 1. The molecule has 0 aromatic carbocycles. The lowest BCUT2D eigenvalue weighted by Crippen LogP contribution is -2.13. The topological polar surface area (TPSA) is 67.2 Å². The molecule has 0 aliphatic carbocycles. The normalized spacial score (nSPS) is 10.5. The van der Waals surface area contributed by atoms with Gasteiger partial charge in [-0.1, -0.05) is 0 Å². The van der Waals surface area contributed by atoms with Crippen LogP contribution < -0.4 is 10.6 Å². The van der Waals surface area contributed by atoms with Crippen LogP contribution in [0, 0.1) is 0 Å². The molecular formula is C13H14BrN3O2. The maximum atomic E-state index is 11.8. The fraction of sp³-hybridized carbons (Fsp3) is 0.231. The van der Waals surface area contributed by atoms with Gasteiger partial charge in [-0.15, -0.1) is 0 Å². The van der Waals surface area contributed by atoms with Gasteiger partial charge in [0, 0.05) is 6.04 Å². The van der Waals surface area contributed by atoms with Crippen molar-refractivity contribution < 1.29 is 9.21 Å². The Morgan fingerprint density at radius 3 is 2.63 bits per heavy atom. The van der Waals surface area contributed by atoms with Crippen LogP contribution in [0.4, 0.5) is 11.5 Å². The summed E-state index contributed by atoms with van der Waals surface area (Å²) in [6.45, 7) is 4.07. The number of carbonyl (C=O) groups is 1. The number of nitrogens with zero attached hydrogens (tertiary/aromatic N) is 1. The second-order valence-electron chi connectivity index (χ2n) is 4.29. The standard InChI is InChI=1S/C13H14BrN3O2/c1-8(2)16-12-6-3-9(7-15-12)17-13(18)10-4-5-11(14)19-10/h3-8H,1-2H3,(H,15,16)(H,17,18). The molecule has 100 valence electrons. The Bertz CT molecular complexity index is 564.